The molecule has 0 radical (unpaired) electrons. The van der Waals surface area contributed by atoms with Gasteiger partial charge in [-0.05, 0) is 24.3 Å². The number of imide groups is 1. The van der Waals surface area contributed by atoms with E-state index in [0.717, 1.165) is 16.3 Å². The molecule has 5 rings (SSSR count). The van der Waals surface area contributed by atoms with Crippen molar-refractivity contribution in [3.63, 3.8) is 0 Å². The smallest absolute Gasteiger partial charge is 0.344 e. The Labute approximate surface area is 216 Å². The van der Waals surface area contributed by atoms with Crippen molar-refractivity contribution in [1.29, 1.82) is 0 Å². The van der Waals surface area contributed by atoms with Gasteiger partial charge >= 0.3 is 7.79 Å². The van der Waals surface area contributed by atoms with Gasteiger partial charge in [-0.25, -0.2) is 19.1 Å². The lowest BCUT2D eigenvalue weighted by atomic mass is 10.2. The summed E-state index contributed by atoms with van der Waals surface area (Å²) in [5.74, 6) is 0.153. The van der Waals surface area contributed by atoms with Gasteiger partial charge in [0.15, 0.2) is 11.5 Å². The number of rotatable bonds is 7. The Morgan fingerprint density at radius 2 is 1.24 bits per heavy atom. The number of carbonyl (C=O) groups excluding carboxylic acids is 2. The minimum absolute atomic E-state index is 0.119. The van der Waals surface area contributed by atoms with Gasteiger partial charge in [-0.1, -0.05) is 36.4 Å². The molecule has 1 atom stereocenters. The van der Waals surface area contributed by atoms with Crippen molar-refractivity contribution >= 4 is 36.7 Å². The van der Waals surface area contributed by atoms with Crippen LogP contribution in [0.15, 0.2) is 72.8 Å². The average molecular weight is 523 g/mol. The molecule has 2 aliphatic rings. The summed E-state index contributed by atoms with van der Waals surface area (Å²) >= 11 is 0. The summed E-state index contributed by atoms with van der Waals surface area (Å²) in [6.07, 6.45) is -0.119. The number of nitrogens with zero attached hydrogens (tertiary/aromatic N) is 3. The highest BCUT2D eigenvalue weighted by Crippen LogP contribution is 2.71. The van der Waals surface area contributed by atoms with Crippen LogP contribution in [-0.4, -0.2) is 56.8 Å². The van der Waals surface area contributed by atoms with Crippen molar-refractivity contribution in [1.82, 2.24) is 0 Å². The maximum Gasteiger partial charge on any atom is 0.344 e. The average Bonchev–Trinajstić information content (AvgIpc) is 3.44. The number of benzene rings is 3. The number of carbonyl (C=O) groups is 2. The van der Waals surface area contributed by atoms with E-state index in [2.05, 4.69) is 0 Å². The summed E-state index contributed by atoms with van der Waals surface area (Å²) in [5.41, 5.74) is 0.976. The van der Waals surface area contributed by atoms with E-state index in [1.54, 1.807) is 12.1 Å². The maximum atomic E-state index is 14.0. The van der Waals surface area contributed by atoms with Crippen LogP contribution >= 0.6 is 7.79 Å². The van der Waals surface area contributed by atoms with Gasteiger partial charge < -0.3 is 14.2 Å². The van der Waals surface area contributed by atoms with Crippen molar-refractivity contribution in [3.05, 3.63) is 72.8 Å². The molecule has 2 heterocycles. The van der Waals surface area contributed by atoms with Crippen LogP contribution in [0.1, 0.15) is 6.42 Å². The molecular weight excluding hydrogens is 493 g/mol. The lowest BCUT2D eigenvalue weighted by molar-refractivity contribution is -0.121. The van der Waals surface area contributed by atoms with E-state index in [0.29, 0.717) is 36.0 Å². The molecule has 0 spiro atoms. The lowest BCUT2D eigenvalue weighted by Gasteiger charge is -2.34. The normalized spacial score (nSPS) is 18.9. The molecule has 37 heavy (non-hydrogen) atoms. The van der Waals surface area contributed by atoms with E-state index >= 15 is 0 Å². The van der Waals surface area contributed by atoms with E-state index in [4.69, 9.17) is 14.2 Å². The lowest BCUT2D eigenvalue weighted by Crippen LogP contribution is -2.39. The molecule has 9 nitrogen and oxygen atoms in total. The molecular formula is C27H29N3O6P+. The van der Waals surface area contributed by atoms with Crippen LogP contribution in [0, 0.1) is 0 Å². The second-order valence-corrected chi connectivity index (χ2v) is 11.5. The topological polar surface area (TPSA) is 91.8 Å². The number of ether oxygens (including phenoxy) is 3. The Kier molecular flexibility index (Phi) is 6.67. The Morgan fingerprint density at radius 1 is 0.757 bits per heavy atom. The summed E-state index contributed by atoms with van der Waals surface area (Å²) in [6, 6.07) is 22.2. The first-order valence-corrected chi connectivity index (χ1v) is 13.6. The minimum Gasteiger partial charge on any atom is -0.493 e. The van der Waals surface area contributed by atoms with Crippen LogP contribution in [-0.2, 0) is 9.59 Å². The molecule has 3 aromatic carbocycles. The van der Waals surface area contributed by atoms with Gasteiger partial charge in [0.1, 0.15) is 0 Å². The van der Waals surface area contributed by atoms with Gasteiger partial charge in [0.05, 0.1) is 57.9 Å². The van der Waals surface area contributed by atoms with E-state index in [1.165, 1.54) is 21.3 Å². The third kappa shape index (κ3) is 4.04. The molecule has 0 aromatic heterocycles. The first-order chi connectivity index (χ1) is 17.9. The number of anilines is 3. The van der Waals surface area contributed by atoms with Gasteiger partial charge in [-0.2, -0.15) is 0 Å². The van der Waals surface area contributed by atoms with Gasteiger partial charge in [-0.3, -0.25) is 9.59 Å². The maximum absolute atomic E-state index is 14.0. The molecule has 2 aliphatic heterocycles. The number of para-hydroxylation sites is 2. The number of amides is 2. The molecule has 3 aromatic rings. The Balaban J connectivity index is 1.59. The van der Waals surface area contributed by atoms with Crippen LogP contribution in [0.2, 0.25) is 0 Å². The molecule has 10 heteroatoms. The number of hydrogen-bond donors (Lipinski definition) is 1. The first kappa shape index (κ1) is 24.9. The van der Waals surface area contributed by atoms with Crippen molar-refractivity contribution in [2.75, 3.05) is 48.7 Å². The summed E-state index contributed by atoms with van der Waals surface area (Å²) < 4.78 is 20.1. The first-order valence-electron chi connectivity index (χ1n) is 11.9. The van der Waals surface area contributed by atoms with Crippen molar-refractivity contribution < 1.29 is 28.7 Å². The highest BCUT2D eigenvalue weighted by atomic mass is 31.2. The largest absolute Gasteiger partial charge is 0.493 e. The minimum atomic E-state index is -3.37. The quantitative estimate of drug-likeness (QED) is 0.366. The van der Waals surface area contributed by atoms with Gasteiger partial charge in [0, 0.05) is 12.1 Å². The third-order valence-corrected chi connectivity index (χ3v) is 10.3. The van der Waals surface area contributed by atoms with Crippen LogP contribution in [0.4, 0.5) is 17.1 Å². The molecule has 2 saturated heterocycles. The zero-order valence-electron chi connectivity index (χ0n) is 20.9. The monoisotopic (exact) mass is 522 g/mol. The van der Waals surface area contributed by atoms with Crippen LogP contribution in [0.25, 0.3) is 0 Å². The Bertz CT molecular complexity index is 1230. The number of hydrogen-bond acceptors (Lipinski definition) is 8. The van der Waals surface area contributed by atoms with Crippen molar-refractivity contribution in [2.24, 2.45) is 0 Å². The zero-order valence-corrected chi connectivity index (χ0v) is 21.8. The van der Waals surface area contributed by atoms with E-state index in [-0.39, 0.29) is 6.42 Å². The van der Waals surface area contributed by atoms with Crippen LogP contribution < -0.4 is 28.5 Å². The highest BCUT2D eigenvalue weighted by Gasteiger charge is 2.68. The Morgan fingerprint density at radius 3 is 1.68 bits per heavy atom. The fourth-order valence-electron chi connectivity index (χ4n) is 5.10. The van der Waals surface area contributed by atoms with Crippen LogP contribution in [0.3, 0.4) is 0 Å². The molecule has 192 valence electrons. The molecule has 1 unspecified atom stereocenters. The van der Waals surface area contributed by atoms with Gasteiger partial charge in [0.25, 0.3) is 5.91 Å². The molecule has 0 saturated carbocycles. The molecule has 1 N–H and O–H groups in total. The fraction of sp³-hybridized carbons (Fsp3) is 0.259. The van der Waals surface area contributed by atoms with Crippen LogP contribution in [0.5, 0.6) is 17.2 Å². The van der Waals surface area contributed by atoms with E-state index in [1.807, 2.05) is 70.0 Å². The fourth-order valence-corrected chi connectivity index (χ4v) is 8.56. The molecule has 0 bridgehead atoms. The van der Waals surface area contributed by atoms with Gasteiger partial charge in [0.2, 0.25) is 17.3 Å². The second kappa shape index (κ2) is 9.92. The molecule has 0 aliphatic carbocycles. The number of methoxy groups -OCH3 is 3. The Hall–Kier alpha value is -3.81. The predicted octanol–water partition coefficient (Wildman–Crippen LogP) is 4.13. The standard InChI is InChI=1S/C27H29N3O6P/c1-34-22-16-21(17-23(35-2)26(22)36-3)30-25(31)18-24(27(30)32)37(33)28(19-10-6-4-7-11-19)14-15-29(37)20-12-8-5-9-13-20/h4-13,16-17,24,33H,14-15,18H2,1-3H3/q+1. The van der Waals surface area contributed by atoms with Crippen molar-refractivity contribution in [2.45, 2.75) is 12.1 Å². The summed E-state index contributed by atoms with van der Waals surface area (Å²) in [7, 11) is 1.06. The molecule has 2 fully saturated rings. The SMILES string of the molecule is COc1cc(N2C(=O)CC([P+]3(O)N(c4ccccc4)CCN3c3ccccc3)C2=O)cc(OC)c1OC. The zero-order chi connectivity index (χ0) is 26.2. The summed E-state index contributed by atoms with van der Waals surface area (Å²) in [6.45, 7) is 1.04. The third-order valence-electron chi connectivity index (χ3n) is 6.79. The predicted molar refractivity (Wildman–Crippen MR) is 144 cm³/mol. The highest BCUT2D eigenvalue weighted by molar-refractivity contribution is 7.75. The molecule has 2 amide bonds. The summed E-state index contributed by atoms with van der Waals surface area (Å²) in [5, 5.41) is 0. The van der Waals surface area contributed by atoms with E-state index < -0.39 is 25.3 Å². The van der Waals surface area contributed by atoms with E-state index in [9.17, 15) is 14.5 Å². The van der Waals surface area contributed by atoms with Crippen molar-refractivity contribution in [3.8, 4) is 17.2 Å². The van der Waals surface area contributed by atoms with Gasteiger partial charge in [-0.15, -0.1) is 0 Å². The second-order valence-electron chi connectivity index (χ2n) is 8.70. The summed E-state index contributed by atoms with van der Waals surface area (Å²) in [4.78, 5) is 41.1.